The molecule has 2 aromatic carbocycles. The molecule has 15 nitrogen and oxygen atoms in total. The van der Waals surface area contributed by atoms with Crippen LogP contribution in [0, 0.1) is 17.3 Å². The number of phenols is 1. The molecule has 65 heavy (non-hydrogen) atoms. The molecule has 2 aromatic heterocycles. The number of hydrogen-bond donors (Lipinski definition) is 4. The monoisotopic (exact) mass is 894 g/mol. The van der Waals surface area contributed by atoms with Crippen LogP contribution in [0.2, 0.25) is 0 Å². The van der Waals surface area contributed by atoms with E-state index in [1.807, 2.05) is 50.9 Å². The van der Waals surface area contributed by atoms with Crippen LogP contribution in [0.25, 0.3) is 33.3 Å². The van der Waals surface area contributed by atoms with Crippen LogP contribution in [-0.2, 0) is 48.0 Å². The maximum Gasteiger partial charge on any atom is 0.324 e. The second-order valence-electron chi connectivity index (χ2n) is 19.3. The number of hydrogen-bond acceptors (Lipinski definition) is 11. The number of carbonyl (C=O) groups excluding carboxylic acids is 4. The zero-order valence-electron chi connectivity index (χ0n) is 39.4. The van der Waals surface area contributed by atoms with E-state index in [4.69, 9.17) is 14.5 Å². The van der Waals surface area contributed by atoms with Gasteiger partial charge in [0, 0.05) is 67.8 Å². The molecule has 0 radical (unpaired) electrons. The topological polar surface area (TPSA) is 179 Å². The van der Waals surface area contributed by atoms with Crippen LogP contribution < -0.4 is 10.7 Å². The van der Waals surface area contributed by atoms with Crippen molar-refractivity contribution in [3.63, 3.8) is 0 Å². The van der Waals surface area contributed by atoms with Gasteiger partial charge in [0.15, 0.2) is 0 Å². The molecule has 4 aromatic rings. The van der Waals surface area contributed by atoms with Crippen molar-refractivity contribution in [1.29, 1.82) is 0 Å². The maximum atomic E-state index is 14.7. The fourth-order valence-electron chi connectivity index (χ4n) is 10.2. The molecule has 6 bridgehead atoms. The molecule has 0 saturated carbocycles. The third-order valence-corrected chi connectivity index (χ3v) is 13.7. The van der Waals surface area contributed by atoms with Crippen LogP contribution in [0.5, 0.6) is 5.75 Å². The number of carbonyl (C=O) groups is 4. The molecular formula is C50H67N7O8. The highest BCUT2D eigenvalue weighted by atomic mass is 16.5. The molecule has 3 aliphatic heterocycles. The van der Waals surface area contributed by atoms with Gasteiger partial charge < -0.3 is 39.4 Å². The minimum Gasteiger partial charge on any atom is -0.508 e. The summed E-state index contributed by atoms with van der Waals surface area (Å²) < 4.78 is 14.2. The first-order valence-electron chi connectivity index (χ1n) is 23.1. The van der Waals surface area contributed by atoms with Gasteiger partial charge in [-0.1, -0.05) is 39.8 Å². The number of esters is 1. The molecule has 2 saturated heterocycles. The van der Waals surface area contributed by atoms with Gasteiger partial charge in [0.1, 0.15) is 23.9 Å². The number of methoxy groups -OCH3 is 1. The molecule has 7 rings (SSSR count). The van der Waals surface area contributed by atoms with Crippen molar-refractivity contribution >= 4 is 34.6 Å². The van der Waals surface area contributed by atoms with Gasteiger partial charge in [-0.05, 0) is 118 Å². The van der Waals surface area contributed by atoms with E-state index in [2.05, 4.69) is 54.3 Å². The zero-order chi connectivity index (χ0) is 46.9. The average molecular weight is 894 g/mol. The van der Waals surface area contributed by atoms with Crippen LogP contribution in [0.1, 0.15) is 83.7 Å². The number of likely N-dealkylation sites (tertiary alicyclic amines) is 1. The maximum absolute atomic E-state index is 14.7. The number of benzene rings is 2. The van der Waals surface area contributed by atoms with Gasteiger partial charge in [0.05, 0.1) is 36.6 Å². The number of aromatic hydroxyl groups is 1. The van der Waals surface area contributed by atoms with Gasteiger partial charge in [0.25, 0.3) is 5.91 Å². The van der Waals surface area contributed by atoms with E-state index in [-0.39, 0.29) is 55.9 Å². The molecular weight excluding hydrogens is 827 g/mol. The molecule has 5 heterocycles. The van der Waals surface area contributed by atoms with Crippen molar-refractivity contribution in [1.82, 2.24) is 35.1 Å². The van der Waals surface area contributed by atoms with E-state index in [1.165, 1.54) is 9.91 Å². The predicted molar refractivity (Wildman–Crippen MR) is 248 cm³/mol. The van der Waals surface area contributed by atoms with Gasteiger partial charge in [-0.25, -0.2) is 5.43 Å². The van der Waals surface area contributed by atoms with Crippen LogP contribution in [0.4, 0.5) is 0 Å². The van der Waals surface area contributed by atoms with E-state index in [1.54, 1.807) is 32.5 Å². The number of pyridine rings is 1. The third kappa shape index (κ3) is 9.79. The molecule has 4 N–H and O–H groups in total. The Hall–Kier alpha value is -5.35. The number of aromatic nitrogens is 2. The van der Waals surface area contributed by atoms with Gasteiger partial charge in [0.2, 0.25) is 11.8 Å². The van der Waals surface area contributed by atoms with Gasteiger partial charge in [-0.3, -0.25) is 29.2 Å². The lowest BCUT2D eigenvalue weighted by Crippen LogP contribution is -2.62. The van der Waals surface area contributed by atoms with Gasteiger partial charge >= 0.3 is 5.97 Å². The molecule has 0 aliphatic carbocycles. The van der Waals surface area contributed by atoms with Gasteiger partial charge in [-0.15, -0.1) is 0 Å². The Kier molecular flexibility index (Phi) is 14.4. The van der Waals surface area contributed by atoms with Crippen molar-refractivity contribution < 1.29 is 38.9 Å². The minimum absolute atomic E-state index is 0.00125. The van der Waals surface area contributed by atoms with E-state index in [0.717, 1.165) is 44.5 Å². The molecule has 6 atom stereocenters. The molecule has 3 amide bonds. The number of likely N-dealkylation sites (N-methyl/N-ethyl adjacent to an activating group) is 2. The summed E-state index contributed by atoms with van der Waals surface area (Å²) in [6.07, 6.45) is 3.56. The van der Waals surface area contributed by atoms with Crippen molar-refractivity contribution in [3.8, 4) is 28.1 Å². The number of nitrogens with one attached hydrogen (secondary N) is 2. The molecule has 350 valence electrons. The minimum atomic E-state index is -1.15. The predicted octanol–water partition coefficient (Wildman–Crippen LogP) is 5.25. The zero-order valence-corrected chi connectivity index (χ0v) is 39.4. The summed E-state index contributed by atoms with van der Waals surface area (Å²) >= 11 is 0. The summed E-state index contributed by atoms with van der Waals surface area (Å²) in [5.41, 5.74) is 9.59. The molecule has 3 aliphatic rings. The van der Waals surface area contributed by atoms with Crippen molar-refractivity contribution in [2.45, 2.75) is 110 Å². The lowest BCUT2D eigenvalue weighted by Gasteiger charge is -2.37. The Labute approximate surface area is 382 Å². The van der Waals surface area contributed by atoms with E-state index < -0.39 is 47.2 Å². The molecule has 15 heteroatoms. The summed E-state index contributed by atoms with van der Waals surface area (Å²) in [5, 5.41) is 26.9. The Morgan fingerprint density at radius 2 is 1.85 bits per heavy atom. The van der Waals surface area contributed by atoms with Gasteiger partial charge in [-0.2, -0.15) is 0 Å². The number of ether oxygens (including phenoxy) is 2. The first-order chi connectivity index (χ1) is 31.0. The highest BCUT2D eigenvalue weighted by molar-refractivity contribution is 5.96. The largest absolute Gasteiger partial charge is 0.508 e. The number of cyclic esters (lactones) is 1. The summed E-state index contributed by atoms with van der Waals surface area (Å²) in [7, 11) is 5.15. The standard InChI is InChI=1S/C50H67N7O8/c1-10-56-41-16-15-32-25-37(41)38(45(56)36-13-11-18-51-43(36)30(4)64-9)26-50(5,6)28-65-49(63)39-14-12-19-57(53-39)48(62)40(23-31-21-33(32)24-34(59)22-31)52-46(60)44(29(2)3)55(8)47(61)35-17-20-54(7)42(35)27-58/h11,13,15-16,18,21-22,24-25,29-30,35,39-40,42,44,53,58-59H,10,12,14,17,19-20,23,26-28H2,1-9H3,(H,52,60)/t30-,35-,39-,40-,42-,44-/m0/s1. The number of amides is 3. The number of aliphatic hydroxyl groups is 1. The second-order valence-corrected chi connectivity index (χ2v) is 19.3. The Balaban J connectivity index is 1.33. The van der Waals surface area contributed by atoms with Crippen LogP contribution in [-0.4, -0.2) is 130 Å². The lowest BCUT2D eigenvalue weighted by molar-refractivity contribution is -0.155. The fourth-order valence-corrected chi connectivity index (χ4v) is 10.2. The van der Waals surface area contributed by atoms with Crippen molar-refractivity contribution in [3.05, 3.63) is 71.5 Å². The number of aliphatic hydroxyl groups excluding tert-OH is 1. The summed E-state index contributed by atoms with van der Waals surface area (Å²) in [6.45, 7) is 13.5. The van der Waals surface area contributed by atoms with Crippen LogP contribution in [0.15, 0.2) is 54.7 Å². The Morgan fingerprint density at radius 1 is 1.08 bits per heavy atom. The second kappa shape index (κ2) is 19.6. The van der Waals surface area contributed by atoms with E-state index >= 15 is 0 Å². The van der Waals surface area contributed by atoms with Crippen molar-refractivity contribution in [2.75, 3.05) is 47.5 Å². The number of aryl methyl sites for hydroxylation is 1. The van der Waals surface area contributed by atoms with E-state index in [9.17, 15) is 29.4 Å². The Morgan fingerprint density at radius 3 is 2.55 bits per heavy atom. The first kappa shape index (κ1) is 47.6. The Bertz CT molecular complexity index is 2410. The number of nitrogens with zero attached hydrogens (tertiary/aromatic N) is 5. The summed E-state index contributed by atoms with van der Waals surface area (Å²) in [6, 6.07) is 12.2. The smallest absolute Gasteiger partial charge is 0.324 e. The molecule has 0 unspecified atom stereocenters. The number of phenolic OH excluding ortho intramolecular Hbond substituents is 1. The highest BCUT2D eigenvalue weighted by Gasteiger charge is 2.42. The molecule has 2 fully saturated rings. The lowest BCUT2D eigenvalue weighted by atomic mass is 9.84. The summed E-state index contributed by atoms with van der Waals surface area (Å²) in [5.74, 6) is -2.51. The van der Waals surface area contributed by atoms with E-state index in [0.29, 0.717) is 44.3 Å². The number of hydrazine groups is 1. The molecule has 0 spiro atoms. The average Bonchev–Trinajstić information content (AvgIpc) is 3.81. The SMILES string of the molecule is CCn1c(-c2cccnc2[C@H](C)OC)c2c3cc(ccc31)-c1cc(O)cc(c1)C[C@H](NC(=O)[C@H](C(C)C)N(C)C(=O)[C@H]1CCN(C)[C@H]1CO)C(=O)N1CCC[C@H](N1)C(=O)OCC(C)(C)C2. The van der Waals surface area contributed by atoms with Crippen LogP contribution in [0.3, 0.4) is 0 Å². The highest BCUT2D eigenvalue weighted by Crippen LogP contribution is 2.42. The van der Waals surface area contributed by atoms with Crippen molar-refractivity contribution in [2.24, 2.45) is 17.3 Å². The normalized spacial score (nSPS) is 22.7. The first-order valence-corrected chi connectivity index (χ1v) is 23.1. The third-order valence-electron chi connectivity index (χ3n) is 13.7. The number of fused-ring (bicyclic) bond motifs is 6. The van der Waals surface area contributed by atoms with Crippen LogP contribution >= 0.6 is 0 Å². The summed E-state index contributed by atoms with van der Waals surface area (Å²) in [4.78, 5) is 65.3. The number of rotatable bonds is 10. The fraction of sp³-hybridized carbons (Fsp3) is 0.540. The quantitative estimate of drug-likeness (QED) is 0.153.